The normalized spacial score (nSPS) is 11.2. The topological polar surface area (TPSA) is 79.4 Å². The van der Waals surface area contributed by atoms with Crippen LogP contribution in [0.15, 0.2) is 59.5 Å². The van der Waals surface area contributed by atoms with Gasteiger partial charge in [0.2, 0.25) is 0 Å². The predicted molar refractivity (Wildman–Crippen MR) is 108 cm³/mol. The number of nitrogens with zero attached hydrogens (tertiary/aromatic N) is 2. The third kappa shape index (κ3) is 4.01. The number of hydrogen-bond donors (Lipinski definition) is 1. The number of nitrogens with one attached hydrogen (secondary N) is 1. The van der Waals surface area contributed by atoms with Crippen molar-refractivity contribution in [2.24, 2.45) is 0 Å². The van der Waals surface area contributed by atoms with Crippen molar-refractivity contribution in [3.05, 3.63) is 70.7 Å². The number of aromatic nitrogens is 1. The molecule has 0 saturated heterocycles. The highest BCUT2D eigenvalue weighted by atomic mass is 32.2. The van der Waals surface area contributed by atoms with E-state index in [4.69, 9.17) is 0 Å². The molecule has 0 aliphatic heterocycles. The van der Waals surface area contributed by atoms with E-state index in [1.807, 2.05) is 19.9 Å². The molecule has 6 nitrogen and oxygen atoms in total. The highest BCUT2D eigenvalue weighted by molar-refractivity contribution is 7.92. The Morgan fingerprint density at radius 1 is 1.04 bits per heavy atom. The minimum Gasteiger partial charge on any atom is -0.298 e. The maximum Gasteiger partial charge on any atom is 0.264 e. The largest absolute Gasteiger partial charge is 0.298 e. The fourth-order valence-corrected chi connectivity index (χ4v) is 4.41. The van der Waals surface area contributed by atoms with Crippen LogP contribution in [-0.2, 0) is 10.0 Å². The molecule has 3 aromatic rings. The van der Waals surface area contributed by atoms with Crippen LogP contribution in [0.5, 0.6) is 0 Å². The quantitative estimate of drug-likeness (QED) is 0.704. The first kappa shape index (κ1) is 19.1. The number of rotatable bonds is 5. The molecule has 0 bridgehead atoms. The van der Waals surface area contributed by atoms with Gasteiger partial charge in [0.05, 0.1) is 16.3 Å². The number of para-hydroxylation sites is 1. The van der Waals surface area contributed by atoms with Gasteiger partial charge < -0.3 is 0 Å². The van der Waals surface area contributed by atoms with Gasteiger partial charge in [0.25, 0.3) is 15.9 Å². The van der Waals surface area contributed by atoms with Crippen LogP contribution in [0.1, 0.15) is 20.9 Å². The van der Waals surface area contributed by atoms with Gasteiger partial charge in [0.15, 0.2) is 5.13 Å². The monoisotopic (exact) mass is 401 g/mol. The average molecular weight is 402 g/mol. The number of carbonyl (C=O) groups is 1. The van der Waals surface area contributed by atoms with Gasteiger partial charge in [-0.05, 0) is 50.2 Å². The minimum absolute atomic E-state index is 0.117. The Labute approximate surface area is 162 Å². The minimum atomic E-state index is -3.70. The first-order chi connectivity index (χ1) is 12.8. The molecule has 1 aromatic heterocycles. The summed E-state index contributed by atoms with van der Waals surface area (Å²) in [7, 11) is -2.21. The van der Waals surface area contributed by atoms with E-state index in [-0.39, 0.29) is 10.8 Å². The van der Waals surface area contributed by atoms with Crippen molar-refractivity contribution in [2.45, 2.75) is 18.7 Å². The summed E-state index contributed by atoms with van der Waals surface area (Å²) in [6.07, 6.45) is 0. The van der Waals surface area contributed by atoms with E-state index in [1.165, 1.54) is 47.0 Å². The Kier molecular flexibility index (Phi) is 5.29. The molecular formula is C19H19N3O3S2. The lowest BCUT2D eigenvalue weighted by molar-refractivity contribution is 0.102. The van der Waals surface area contributed by atoms with Crippen molar-refractivity contribution in [3.8, 4) is 0 Å². The van der Waals surface area contributed by atoms with Crippen LogP contribution in [0.2, 0.25) is 0 Å². The number of carbonyl (C=O) groups excluding carboxylic acids is 1. The summed E-state index contributed by atoms with van der Waals surface area (Å²) in [4.78, 5) is 17.8. The molecule has 1 amide bonds. The second-order valence-electron chi connectivity index (χ2n) is 5.95. The molecule has 0 saturated carbocycles. The first-order valence-corrected chi connectivity index (χ1v) is 10.4. The van der Waals surface area contributed by atoms with Gasteiger partial charge in [0, 0.05) is 17.5 Å². The molecule has 1 N–H and O–H groups in total. The van der Waals surface area contributed by atoms with E-state index in [0.717, 1.165) is 10.6 Å². The van der Waals surface area contributed by atoms with E-state index in [0.29, 0.717) is 16.4 Å². The second kappa shape index (κ2) is 7.50. The molecule has 1 heterocycles. The van der Waals surface area contributed by atoms with E-state index < -0.39 is 10.0 Å². The van der Waals surface area contributed by atoms with Crippen LogP contribution in [0.3, 0.4) is 0 Å². The van der Waals surface area contributed by atoms with Crippen LogP contribution < -0.4 is 9.62 Å². The third-order valence-corrected chi connectivity index (χ3v) is 6.93. The molecule has 0 aliphatic rings. The first-order valence-electron chi connectivity index (χ1n) is 8.18. The van der Waals surface area contributed by atoms with Gasteiger partial charge in [-0.25, -0.2) is 13.4 Å². The standard InChI is InChI=1S/C19H19N3O3S2/c1-13-14(2)26-19(20-13)21-18(23)15-9-11-17(12-10-15)27(24,25)22(3)16-7-5-4-6-8-16/h4-12H,1-3H3,(H,20,21,23). The number of hydrogen-bond acceptors (Lipinski definition) is 5. The lowest BCUT2D eigenvalue weighted by atomic mass is 10.2. The van der Waals surface area contributed by atoms with E-state index in [1.54, 1.807) is 24.3 Å². The molecule has 2 aromatic carbocycles. The molecule has 0 aliphatic carbocycles. The number of sulfonamides is 1. The van der Waals surface area contributed by atoms with Crippen LogP contribution in [-0.4, -0.2) is 26.4 Å². The molecule has 3 rings (SSSR count). The maximum atomic E-state index is 12.8. The average Bonchev–Trinajstić information content (AvgIpc) is 2.99. The van der Waals surface area contributed by atoms with Gasteiger partial charge >= 0.3 is 0 Å². The van der Waals surface area contributed by atoms with Crippen LogP contribution in [0.25, 0.3) is 0 Å². The van der Waals surface area contributed by atoms with Gasteiger partial charge in [-0.2, -0.15) is 0 Å². The fraction of sp³-hybridized carbons (Fsp3) is 0.158. The summed E-state index contributed by atoms with van der Waals surface area (Å²) in [5.41, 5.74) is 1.80. The number of thiazole rings is 1. The zero-order valence-electron chi connectivity index (χ0n) is 15.1. The maximum absolute atomic E-state index is 12.8. The number of aryl methyl sites for hydroxylation is 2. The van der Waals surface area contributed by atoms with Crippen molar-refractivity contribution < 1.29 is 13.2 Å². The zero-order valence-corrected chi connectivity index (χ0v) is 16.8. The summed E-state index contributed by atoms with van der Waals surface area (Å²) in [5, 5.41) is 3.26. The summed E-state index contributed by atoms with van der Waals surface area (Å²) in [5.74, 6) is -0.330. The van der Waals surface area contributed by atoms with Crippen molar-refractivity contribution in [1.29, 1.82) is 0 Å². The Hall–Kier alpha value is -2.71. The smallest absolute Gasteiger partial charge is 0.264 e. The Bertz CT molecular complexity index is 1040. The van der Waals surface area contributed by atoms with Crippen molar-refractivity contribution in [2.75, 3.05) is 16.7 Å². The second-order valence-corrected chi connectivity index (χ2v) is 9.12. The molecule has 0 radical (unpaired) electrons. The molecule has 0 atom stereocenters. The lowest BCUT2D eigenvalue weighted by Crippen LogP contribution is -2.26. The van der Waals surface area contributed by atoms with Crippen molar-refractivity contribution >= 4 is 38.1 Å². The molecule has 0 unspecified atom stereocenters. The molecule has 8 heteroatoms. The molecule has 140 valence electrons. The third-order valence-electron chi connectivity index (χ3n) is 4.14. The molecule has 0 fully saturated rings. The van der Waals surface area contributed by atoms with Crippen LogP contribution >= 0.6 is 11.3 Å². The Morgan fingerprint density at radius 2 is 1.67 bits per heavy atom. The van der Waals surface area contributed by atoms with E-state index in [9.17, 15) is 13.2 Å². The van der Waals surface area contributed by atoms with Gasteiger partial charge in [0.1, 0.15) is 0 Å². The van der Waals surface area contributed by atoms with E-state index >= 15 is 0 Å². The summed E-state index contributed by atoms with van der Waals surface area (Å²) < 4.78 is 26.7. The highest BCUT2D eigenvalue weighted by Gasteiger charge is 2.21. The number of anilines is 2. The van der Waals surface area contributed by atoms with Crippen LogP contribution in [0.4, 0.5) is 10.8 Å². The highest BCUT2D eigenvalue weighted by Crippen LogP contribution is 2.23. The SMILES string of the molecule is Cc1nc(NC(=O)c2ccc(S(=O)(=O)N(C)c3ccccc3)cc2)sc1C. The summed E-state index contributed by atoms with van der Waals surface area (Å²) in [6.45, 7) is 3.82. The predicted octanol–water partition coefficient (Wildman–Crippen LogP) is 3.84. The zero-order chi connectivity index (χ0) is 19.6. The Morgan fingerprint density at radius 3 is 2.22 bits per heavy atom. The van der Waals surface area contributed by atoms with Gasteiger partial charge in [-0.15, -0.1) is 11.3 Å². The lowest BCUT2D eigenvalue weighted by Gasteiger charge is -2.19. The number of amides is 1. The molecule has 27 heavy (non-hydrogen) atoms. The van der Waals surface area contributed by atoms with Gasteiger partial charge in [-0.1, -0.05) is 18.2 Å². The Balaban J connectivity index is 1.79. The van der Waals surface area contributed by atoms with Crippen LogP contribution in [0, 0.1) is 13.8 Å². The molecule has 0 spiro atoms. The van der Waals surface area contributed by atoms with Crippen molar-refractivity contribution in [1.82, 2.24) is 4.98 Å². The van der Waals surface area contributed by atoms with Gasteiger partial charge in [-0.3, -0.25) is 14.4 Å². The molecular weight excluding hydrogens is 382 g/mol. The number of benzene rings is 2. The summed E-state index contributed by atoms with van der Waals surface area (Å²) >= 11 is 1.40. The fourth-order valence-electron chi connectivity index (χ4n) is 2.41. The van der Waals surface area contributed by atoms with E-state index in [2.05, 4.69) is 10.3 Å². The van der Waals surface area contributed by atoms with Crippen molar-refractivity contribution in [3.63, 3.8) is 0 Å². The summed E-state index contributed by atoms with van der Waals surface area (Å²) in [6, 6.07) is 14.7.